The fourth-order valence-electron chi connectivity index (χ4n) is 1.48. The van der Waals surface area contributed by atoms with Crippen molar-refractivity contribution in [3.05, 3.63) is 35.2 Å². The number of rotatable bonds is 5. The molecule has 0 aliphatic heterocycles. The van der Waals surface area contributed by atoms with E-state index in [2.05, 4.69) is 25.9 Å². The minimum atomic E-state index is -0.246. The smallest absolute Gasteiger partial charge is 0.253 e. The predicted molar refractivity (Wildman–Crippen MR) is 71.1 cm³/mol. The first-order valence-corrected chi connectivity index (χ1v) is 6.04. The van der Waals surface area contributed by atoms with Crippen LogP contribution in [0.3, 0.4) is 0 Å². The summed E-state index contributed by atoms with van der Waals surface area (Å²) in [4.78, 5) is 16.0. The van der Waals surface area contributed by atoms with Crippen molar-refractivity contribution in [3.8, 4) is 0 Å². The second kappa shape index (κ2) is 6.14. The van der Waals surface area contributed by atoms with Gasteiger partial charge in [0, 0.05) is 26.0 Å². The van der Waals surface area contributed by atoms with E-state index in [1.165, 1.54) is 6.20 Å². The van der Waals surface area contributed by atoms with Crippen LogP contribution < -0.4 is 10.6 Å². The van der Waals surface area contributed by atoms with Crippen LogP contribution in [0.25, 0.3) is 0 Å². The number of carbonyl (C=O) groups is 1. The summed E-state index contributed by atoms with van der Waals surface area (Å²) >= 11 is 5.95. The zero-order chi connectivity index (χ0) is 13.7. The third kappa shape index (κ3) is 3.41. The van der Waals surface area contributed by atoms with Gasteiger partial charge in [-0.05, 0) is 6.07 Å². The van der Waals surface area contributed by atoms with E-state index in [0.29, 0.717) is 29.5 Å². The highest BCUT2D eigenvalue weighted by Crippen LogP contribution is 2.17. The second-order valence-corrected chi connectivity index (χ2v) is 4.13. The topological polar surface area (TPSA) is 84.7 Å². The molecule has 2 aromatic heterocycles. The molecule has 0 aliphatic rings. The Balaban J connectivity index is 1.95. The van der Waals surface area contributed by atoms with Crippen LogP contribution in [0, 0.1) is 0 Å². The zero-order valence-corrected chi connectivity index (χ0v) is 11.1. The Morgan fingerprint density at radius 2 is 2.37 bits per heavy atom. The van der Waals surface area contributed by atoms with Crippen molar-refractivity contribution >= 4 is 23.3 Å². The number of hydrogen-bond donors (Lipinski definition) is 2. The molecule has 0 saturated carbocycles. The Morgan fingerprint density at radius 1 is 1.53 bits per heavy atom. The molecule has 7 nitrogen and oxygen atoms in total. The molecule has 0 bridgehead atoms. The van der Waals surface area contributed by atoms with E-state index in [0.717, 1.165) is 0 Å². The largest absolute Gasteiger partial charge is 0.373 e. The molecule has 2 aromatic rings. The molecule has 0 atom stereocenters. The molecular weight excluding hydrogens is 268 g/mol. The molecule has 0 radical (unpaired) electrons. The monoisotopic (exact) mass is 280 g/mol. The molecule has 0 saturated heterocycles. The van der Waals surface area contributed by atoms with E-state index in [1.54, 1.807) is 30.2 Å². The molecule has 0 spiro atoms. The van der Waals surface area contributed by atoms with Gasteiger partial charge >= 0.3 is 0 Å². The van der Waals surface area contributed by atoms with E-state index in [-0.39, 0.29) is 5.91 Å². The Kier molecular flexibility index (Phi) is 4.30. The van der Waals surface area contributed by atoms with Crippen molar-refractivity contribution in [2.45, 2.75) is 6.54 Å². The standard InChI is InChI=1S/C11H13ClN6O/c1-13-10-6-8(9(12)7-15-10)11(19)14-2-4-18-5-3-16-17-18/h3,5-7H,2,4H2,1H3,(H,13,15)(H,14,19). The fourth-order valence-corrected chi connectivity index (χ4v) is 1.67. The first-order valence-electron chi connectivity index (χ1n) is 5.66. The SMILES string of the molecule is CNc1cc(C(=O)NCCn2ccnn2)c(Cl)cn1. The first-order chi connectivity index (χ1) is 9.20. The lowest BCUT2D eigenvalue weighted by Gasteiger charge is -2.08. The fraction of sp³-hybridized carbons (Fsp3) is 0.273. The van der Waals surface area contributed by atoms with Crippen molar-refractivity contribution in [1.29, 1.82) is 0 Å². The van der Waals surface area contributed by atoms with Crippen molar-refractivity contribution in [3.63, 3.8) is 0 Å². The zero-order valence-electron chi connectivity index (χ0n) is 10.3. The molecule has 2 rings (SSSR count). The van der Waals surface area contributed by atoms with Gasteiger partial charge in [0.2, 0.25) is 0 Å². The van der Waals surface area contributed by atoms with Gasteiger partial charge in [-0.2, -0.15) is 0 Å². The number of amides is 1. The van der Waals surface area contributed by atoms with Crippen molar-refractivity contribution in [2.24, 2.45) is 0 Å². The lowest BCUT2D eigenvalue weighted by molar-refractivity contribution is 0.0952. The lowest BCUT2D eigenvalue weighted by atomic mass is 10.2. The maximum Gasteiger partial charge on any atom is 0.253 e. The number of nitrogens with one attached hydrogen (secondary N) is 2. The summed E-state index contributed by atoms with van der Waals surface area (Å²) in [5.74, 6) is 0.342. The van der Waals surface area contributed by atoms with Gasteiger partial charge in [-0.15, -0.1) is 5.10 Å². The third-order valence-corrected chi connectivity index (χ3v) is 2.76. The number of hydrogen-bond acceptors (Lipinski definition) is 5. The summed E-state index contributed by atoms with van der Waals surface area (Å²) in [7, 11) is 1.72. The van der Waals surface area contributed by atoms with Crippen LogP contribution in [0.15, 0.2) is 24.7 Å². The summed E-state index contributed by atoms with van der Waals surface area (Å²) in [6.45, 7) is 0.989. The molecule has 0 unspecified atom stereocenters. The molecular formula is C11H13ClN6O. The average Bonchev–Trinajstić information content (AvgIpc) is 2.92. The van der Waals surface area contributed by atoms with Crippen molar-refractivity contribution < 1.29 is 4.79 Å². The Labute approximate surface area is 115 Å². The Bertz CT molecular complexity index is 556. The normalized spacial score (nSPS) is 10.2. The number of carbonyl (C=O) groups excluding carboxylic acids is 1. The van der Waals surface area contributed by atoms with Gasteiger partial charge in [0.05, 0.1) is 23.3 Å². The van der Waals surface area contributed by atoms with E-state index >= 15 is 0 Å². The number of pyridine rings is 1. The van der Waals surface area contributed by atoms with E-state index < -0.39 is 0 Å². The van der Waals surface area contributed by atoms with Crippen LogP contribution in [0.5, 0.6) is 0 Å². The van der Waals surface area contributed by atoms with Gasteiger partial charge in [0.25, 0.3) is 5.91 Å². The quantitative estimate of drug-likeness (QED) is 0.846. The van der Waals surface area contributed by atoms with E-state index in [1.807, 2.05) is 0 Å². The summed E-state index contributed by atoms with van der Waals surface area (Å²) in [6.07, 6.45) is 4.76. The summed E-state index contributed by atoms with van der Waals surface area (Å²) in [5.41, 5.74) is 0.389. The highest BCUT2D eigenvalue weighted by atomic mass is 35.5. The minimum Gasteiger partial charge on any atom is -0.373 e. The van der Waals surface area contributed by atoms with Gasteiger partial charge < -0.3 is 10.6 Å². The van der Waals surface area contributed by atoms with Gasteiger partial charge in [-0.3, -0.25) is 9.48 Å². The summed E-state index contributed by atoms with van der Waals surface area (Å²) in [6, 6.07) is 1.60. The first kappa shape index (κ1) is 13.3. The van der Waals surface area contributed by atoms with Crippen molar-refractivity contribution in [1.82, 2.24) is 25.3 Å². The molecule has 2 N–H and O–H groups in total. The summed E-state index contributed by atoms with van der Waals surface area (Å²) in [5, 5.41) is 13.4. The molecule has 2 heterocycles. The van der Waals surface area contributed by atoms with Crippen LogP contribution in [-0.4, -0.2) is 39.5 Å². The van der Waals surface area contributed by atoms with Crippen LogP contribution >= 0.6 is 11.6 Å². The van der Waals surface area contributed by atoms with Crippen molar-refractivity contribution in [2.75, 3.05) is 18.9 Å². The Morgan fingerprint density at radius 3 is 3.05 bits per heavy atom. The lowest BCUT2D eigenvalue weighted by Crippen LogP contribution is -2.27. The van der Waals surface area contributed by atoms with E-state index in [4.69, 9.17) is 11.6 Å². The number of halogens is 1. The maximum atomic E-state index is 12.0. The number of aromatic nitrogens is 4. The minimum absolute atomic E-state index is 0.246. The molecule has 0 aliphatic carbocycles. The second-order valence-electron chi connectivity index (χ2n) is 3.72. The van der Waals surface area contributed by atoms with Gasteiger partial charge in [-0.1, -0.05) is 16.8 Å². The molecule has 8 heteroatoms. The maximum absolute atomic E-state index is 12.0. The van der Waals surface area contributed by atoms with Crippen LogP contribution in [-0.2, 0) is 6.54 Å². The molecule has 19 heavy (non-hydrogen) atoms. The van der Waals surface area contributed by atoms with Crippen LogP contribution in [0.4, 0.5) is 5.82 Å². The van der Waals surface area contributed by atoms with Gasteiger partial charge in [0.1, 0.15) is 5.82 Å². The molecule has 1 amide bonds. The third-order valence-electron chi connectivity index (χ3n) is 2.45. The van der Waals surface area contributed by atoms with Gasteiger partial charge in [-0.25, -0.2) is 4.98 Å². The highest BCUT2D eigenvalue weighted by Gasteiger charge is 2.11. The van der Waals surface area contributed by atoms with Crippen LogP contribution in [0.2, 0.25) is 5.02 Å². The van der Waals surface area contributed by atoms with E-state index in [9.17, 15) is 4.79 Å². The van der Waals surface area contributed by atoms with Gasteiger partial charge in [0.15, 0.2) is 0 Å². The number of anilines is 1. The Hall–Kier alpha value is -2.15. The highest BCUT2D eigenvalue weighted by molar-refractivity contribution is 6.33. The molecule has 0 aromatic carbocycles. The molecule has 100 valence electrons. The molecule has 0 fully saturated rings. The summed E-state index contributed by atoms with van der Waals surface area (Å²) < 4.78 is 1.63. The predicted octanol–water partition coefficient (Wildman–Crippen LogP) is 0.798. The average molecular weight is 281 g/mol. The van der Waals surface area contributed by atoms with Crippen LogP contribution in [0.1, 0.15) is 10.4 Å². The number of nitrogens with zero attached hydrogens (tertiary/aromatic N) is 4.